The molecule has 4 rings (SSSR count). The number of benzene rings is 3. The molecule has 0 saturated heterocycles. The van der Waals surface area contributed by atoms with Crippen molar-refractivity contribution >= 4 is 15.7 Å². The number of rotatable bonds is 12. The lowest BCUT2D eigenvalue weighted by Gasteiger charge is -2.31. The molecule has 1 aliphatic rings. The second-order valence-electron chi connectivity index (χ2n) is 9.08. The highest BCUT2D eigenvalue weighted by Gasteiger charge is 2.31. The van der Waals surface area contributed by atoms with E-state index in [1.54, 1.807) is 37.4 Å². The zero-order valence-corrected chi connectivity index (χ0v) is 21.7. The number of alkyl halides is 2. The van der Waals surface area contributed by atoms with Gasteiger partial charge in [-0.15, -0.1) is 0 Å². The highest BCUT2D eigenvalue weighted by Crippen LogP contribution is 2.49. The molecule has 9 heteroatoms. The first kappa shape index (κ1) is 26.9. The summed E-state index contributed by atoms with van der Waals surface area (Å²) in [5.74, 6) is 0.418. The quantitative estimate of drug-likeness (QED) is 0.268. The highest BCUT2D eigenvalue weighted by molar-refractivity contribution is 7.92. The van der Waals surface area contributed by atoms with Gasteiger partial charge in [0.25, 0.3) is 0 Å². The average molecular weight is 532 g/mol. The Kier molecular flexibility index (Phi) is 8.66. The van der Waals surface area contributed by atoms with E-state index in [0.717, 1.165) is 50.5 Å². The van der Waals surface area contributed by atoms with Crippen molar-refractivity contribution in [3.63, 3.8) is 0 Å². The molecule has 198 valence electrons. The van der Waals surface area contributed by atoms with E-state index in [9.17, 15) is 17.2 Å². The first-order valence-electron chi connectivity index (χ1n) is 12.2. The van der Waals surface area contributed by atoms with E-state index in [0.29, 0.717) is 28.1 Å². The summed E-state index contributed by atoms with van der Waals surface area (Å²) in [6.45, 7) is -2.22. The minimum atomic E-state index is -3.52. The molecule has 0 bridgehead atoms. The molecule has 0 aliphatic carbocycles. The van der Waals surface area contributed by atoms with Gasteiger partial charge in [0.2, 0.25) is 10.0 Å². The van der Waals surface area contributed by atoms with Crippen molar-refractivity contribution in [3.8, 4) is 22.6 Å². The summed E-state index contributed by atoms with van der Waals surface area (Å²) in [4.78, 5) is 0. The molecule has 6 nitrogen and oxygen atoms in total. The fraction of sp³-hybridized carbons (Fsp3) is 0.357. The number of nitrogens with one attached hydrogen (secondary N) is 1. The molecular weight excluding hydrogens is 500 g/mol. The molecule has 1 aliphatic heterocycles. The number of hydrogen-bond acceptors (Lipinski definition) is 5. The molecule has 0 aromatic heterocycles. The first-order valence-corrected chi connectivity index (χ1v) is 14.1. The van der Waals surface area contributed by atoms with Crippen molar-refractivity contribution < 1.29 is 31.4 Å². The maximum absolute atomic E-state index is 13.1. The van der Waals surface area contributed by atoms with Crippen LogP contribution in [0.25, 0.3) is 11.1 Å². The van der Waals surface area contributed by atoms with Crippen LogP contribution in [0.15, 0.2) is 60.7 Å². The van der Waals surface area contributed by atoms with E-state index in [-0.39, 0.29) is 5.75 Å². The molecule has 1 N–H and O–H groups in total. The Labute approximate surface area is 216 Å². The Morgan fingerprint density at radius 2 is 1.78 bits per heavy atom. The van der Waals surface area contributed by atoms with E-state index < -0.39 is 22.7 Å². The molecule has 3 aromatic carbocycles. The van der Waals surface area contributed by atoms with Crippen molar-refractivity contribution in [1.29, 1.82) is 0 Å². The molecule has 0 amide bonds. The summed E-state index contributed by atoms with van der Waals surface area (Å²) in [7, 11) is -1.81. The predicted molar refractivity (Wildman–Crippen MR) is 140 cm³/mol. The Hall–Kier alpha value is -3.17. The topological polar surface area (TPSA) is 73.9 Å². The van der Waals surface area contributed by atoms with Crippen LogP contribution in [0.1, 0.15) is 48.5 Å². The molecule has 0 fully saturated rings. The maximum Gasteiger partial charge on any atom is 0.387 e. The summed E-state index contributed by atoms with van der Waals surface area (Å²) < 4.78 is 68.8. The average Bonchev–Trinajstić information content (AvgIpc) is 2.84. The molecular formula is C28H31F2NO5S. The Bertz CT molecular complexity index is 1330. The molecule has 3 aromatic rings. The van der Waals surface area contributed by atoms with Gasteiger partial charge in [-0.05, 0) is 60.2 Å². The van der Waals surface area contributed by atoms with Crippen molar-refractivity contribution in [3.05, 3.63) is 77.4 Å². The van der Waals surface area contributed by atoms with Crippen molar-refractivity contribution in [1.82, 2.24) is 0 Å². The van der Waals surface area contributed by atoms with Gasteiger partial charge < -0.3 is 14.2 Å². The second-order valence-corrected chi connectivity index (χ2v) is 10.8. The summed E-state index contributed by atoms with van der Waals surface area (Å²) in [5.41, 5.74) is 4.12. The van der Waals surface area contributed by atoms with Crippen LogP contribution in [-0.2, 0) is 21.2 Å². The van der Waals surface area contributed by atoms with Crippen molar-refractivity contribution in [2.75, 3.05) is 24.7 Å². The smallest absolute Gasteiger partial charge is 0.387 e. The van der Waals surface area contributed by atoms with E-state index in [4.69, 9.17) is 14.2 Å². The maximum atomic E-state index is 13.1. The SMILES string of the molecule is COCCCCCCc1cccc(C2Oc3cccc(OC(F)F)c3-c3ccc(NS(C)(=O)=O)cc32)c1. The van der Waals surface area contributed by atoms with Gasteiger partial charge in [0.15, 0.2) is 0 Å². The zero-order valence-electron chi connectivity index (χ0n) is 20.9. The molecule has 37 heavy (non-hydrogen) atoms. The van der Waals surface area contributed by atoms with Crippen LogP contribution in [0.3, 0.4) is 0 Å². The fourth-order valence-electron chi connectivity index (χ4n) is 4.63. The molecule has 1 atom stereocenters. The Morgan fingerprint density at radius 1 is 1.00 bits per heavy atom. The number of aryl methyl sites for hydroxylation is 1. The zero-order chi connectivity index (χ0) is 26.4. The molecule has 1 unspecified atom stereocenters. The third-order valence-electron chi connectivity index (χ3n) is 6.17. The lowest BCUT2D eigenvalue weighted by Crippen LogP contribution is -2.18. The van der Waals surface area contributed by atoms with Gasteiger partial charge in [-0.25, -0.2) is 8.42 Å². The van der Waals surface area contributed by atoms with Gasteiger partial charge >= 0.3 is 6.61 Å². The van der Waals surface area contributed by atoms with E-state index >= 15 is 0 Å². The Morgan fingerprint density at radius 3 is 2.54 bits per heavy atom. The summed E-state index contributed by atoms with van der Waals surface area (Å²) >= 11 is 0. The number of anilines is 1. The highest BCUT2D eigenvalue weighted by atomic mass is 32.2. The van der Waals surface area contributed by atoms with Crippen LogP contribution in [0, 0.1) is 0 Å². The van der Waals surface area contributed by atoms with E-state index in [1.165, 1.54) is 11.6 Å². The number of methoxy groups -OCH3 is 1. The van der Waals surface area contributed by atoms with Crippen LogP contribution >= 0.6 is 0 Å². The monoisotopic (exact) mass is 531 g/mol. The minimum absolute atomic E-state index is 0.00162. The van der Waals surface area contributed by atoms with Crippen molar-refractivity contribution in [2.45, 2.75) is 44.8 Å². The second kappa shape index (κ2) is 11.9. The van der Waals surface area contributed by atoms with Crippen LogP contribution in [0.5, 0.6) is 11.5 Å². The minimum Gasteiger partial charge on any atom is -0.480 e. The molecule has 0 radical (unpaired) electrons. The summed E-state index contributed by atoms with van der Waals surface area (Å²) in [5, 5.41) is 0. The summed E-state index contributed by atoms with van der Waals surface area (Å²) in [6, 6.07) is 17.9. The van der Waals surface area contributed by atoms with Gasteiger partial charge in [0.05, 0.1) is 11.8 Å². The summed E-state index contributed by atoms with van der Waals surface area (Å²) in [6.07, 6.45) is 5.74. The fourth-order valence-corrected chi connectivity index (χ4v) is 5.19. The lowest BCUT2D eigenvalue weighted by molar-refractivity contribution is -0.0496. The largest absolute Gasteiger partial charge is 0.480 e. The number of hydrogen-bond donors (Lipinski definition) is 1. The van der Waals surface area contributed by atoms with Gasteiger partial charge in [0.1, 0.15) is 17.6 Å². The van der Waals surface area contributed by atoms with E-state index in [2.05, 4.69) is 16.9 Å². The van der Waals surface area contributed by atoms with Gasteiger partial charge in [-0.1, -0.05) is 49.2 Å². The van der Waals surface area contributed by atoms with Crippen LogP contribution in [0.4, 0.5) is 14.5 Å². The molecule has 0 saturated carbocycles. The standard InChI is InChI=1S/C28H31F2NO5S/c1-34-16-6-4-3-5-9-19-10-7-11-20(17-19)27-23-18-21(31-37(2,32)33)14-15-22(23)26-24(35-27)12-8-13-25(26)36-28(29)30/h7-8,10-15,17-18,27-28,31H,3-6,9,16H2,1-2H3. The number of sulfonamides is 1. The van der Waals surface area contributed by atoms with Crippen LogP contribution in [-0.4, -0.2) is 35.0 Å². The third-order valence-corrected chi connectivity index (χ3v) is 6.78. The number of unbranched alkanes of at least 4 members (excludes halogenated alkanes) is 3. The van der Waals surface area contributed by atoms with Gasteiger partial charge in [0, 0.05) is 25.0 Å². The Balaban J connectivity index is 1.69. The normalized spacial score (nSPS) is 14.6. The number of fused-ring (bicyclic) bond motifs is 3. The number of ether oxygens (including phenoxy) is 3. The van der Waals surface area contributed by atoms with Crippen LogP contribution in [0.2, 0.25) is 0 Å². The third kappa shape index (κ3) is 6.99. The van der Waals surface area contributed by atoms with E-state index in [1.807, 2.05) is 12.1 Å². The molecule has 0 spiro atoms. The number of halogens is 2. The van der Waals surface area contributed by atoms with Gasteiger partial charge in [-0.3, -0.25) is 4.72 Å². The van der Waals surface area contributed by atoms with Crippen molar-refractivity contribution in [2.24, 2.45) is 0 Å². The van der Waals surface area contributed by atoms with Gasteiger partial charge in [-0.2, -0.15) is 8.78 Å². The first-order chi connectivity index (χ1) is 17.7. The van der Waals surface area contributed by atoms with Crippen LogP contribution < -0.4 is 14.2 Å². The lowest BCUT2D eigenvalue weighted by atomic mass is 9.88. The molecule has 1 heterocycles. The predicted octanol–water partition coefficient (Wildman–Crippen LogP) is 6.56.